The van der Waals surface area contributed by atoms with Crippen LogP contribution in [0.4, 0.5) is 4.39 Å². The van der Waals surface area contributed by atoms with Gasteiger partial charge in [-0.2, -0.15) is 0 Å². The van der Waals surface area contributed by atoms with Crippen LogP contribution in [0.25, 0.3) is 10.9 Å². The predicted octanol–water partition coefficient (Wildman–Crippen LogP) is 4.49. The first kappa shape index (κ1) is 14.6. The zero-order valence-corrected chi connectivity index (χ0v) is 12.4. The largest absolute Gasteiger partial charge is 0.488 e. The summed E-state index contributed by atoms with van der Waals surface area (Å²) in [6.45, 7) is 0.513. The molecule has 0 spiro atoms. The quantitative estimate of drug-likeness (QED) is 0.650. The molecule has 112 valence electrons. The fraction of sp³-hybridized carbons (Fsp3) is 0.118. The summed E-state index contributed by atoms with van der Waals surface area (Å²) in [6, 6.07) is 13.5. The summed E-state index contributed by atoms with van der Waals surface area (Å²) >= 11 is 6.13. The molecule has 2 aromatic carbocycles. The van der Waals surface area contributed by atoms with Crippen molar-refractivity contribution in [3.8, 4) is 11.5 Å². The Morgan fingerprint density at radius 2 is 1.68 bits per heavy atom. The molecule has 0 aliphatic carbocycles. The van der Waals surface area contributed by atoms with Gasteiger partial charge in [-0.1, -0.05) is 23.7 Å². The van der Waals surface area contributed by atoms with Gasteiger partial charge in [0.05, 0.1) is 5.02 Å². The first-order valence-corrected chi connectivity index (χ1v) is 7.17. The van der Waals surface area contributed by atoms with Crippen LogP contribution in [0.15, 0.2) is 54.7 Å². The van der Waals surface area contributed by atoms with Gasteiger partial charge in [-0.05, 0) is 36.4 Å². The minimum absolute atomic E-state index is 0.213. The molecular formula is C17H13ClFNO2. The molecule has 3 aromatic rings. The number of hydrogen-bond acceptors (Lipinski definition) is 3. The van der Waals surface area contributed by atoms with Crippen molar-refractivity contribution in [1.29, 1.82) is 0 Å². The number of ether oxygens (including phenoxy) is 2. The SMILES string of the molecule is Fc1ccccc1OCCOc1ccc(Cl)c2cccnc12. The molecule has 0 fully saturated rings. The Morgan fingerprint density at radius 1 is 0.909 bits per heavy atom. The number of rotatable bonds is 5. The van der Waals surface area contributed by atoms with Crippen LogP contribution >= 0.6 is 11.6 Å². The second-order valence-corrected chi connectivity index (χ2v) is 4.98. The molecule has 0 amide bonds. The van der Waals surface area contributed by atoms with E-state index in [9.17, 15) is 4.39 Å². The molecule has 0 bridgehead atoms. The average Bonchev–Trinajstić information content (AvgIpc) is 2.55. The smallest absolute Gasteiger partial charge is 0.165 e. The van der Waals surface area contributed by atoms with Crippen LogP contribution in [0.5, 0.6) is 11.5 Å². The highest BCUT2D eigenvalue weighted by Crippen LogP contribution is 2.29. The Morgan fingerprint density at radius 3 is 2.50 bits per heavy atom. The van der Waals surface area contributed by atoms with Crippen LogP contribution in [0.2, 0.25) is 5.02 Å². The van der Waals surface area contributed by atoms with Crippen molar-refractivity contribution in [3.63, 3.8) is 0 Å². The molecule has 5 heteroatoms. The second kappa shape index (κ2) is 6.62. The molecule has 1 heterocycles. The number of pyridine rings is 1. The van der Waals surface area contributed by atoms with Gasteiger partial charge in [0.2, 0.25) is 0 Å². The van der Waals surface area contributed by atoms with Gasteiger partial charge in [0.1, 0.15) is 24.5 Å². The maximum absolute atomic E-state index is 13.4. The average molecular weight is 318 g/mol. The normalized spacial score (nSPS) is 10.6. The monoisotopic (exact) mass is 317 g/mol. The van der Waals surface area contributed by atoms with E-state index in [0.29, 0.717) is 16.3 Å². The van der Waals surface area contributed by atoms with Gasteiger partial charge in [0.25, 0.3) is 0 Å². The van der Waals surface area contributed by atoms with Crippen molar-refractivity contribution in [2.24, 2.45) is 0 Å². The van der Waals surface area contributed by atoms with E-state index < -0.39 is 0 Å². The number of benzene rings is 2. The topological polar surface area (TPSA) is 31.4 Å². The lowest BCUT2D eigenvalue weighted by atomic mass is 10.2. The Kier molecular flexibility index (Phi) is 4.39. The highest BCUT2D eigenvalue weighted by molar-refractivity contribution is 6.35. The second-order valence-electron chi connectivity index (χ2n) is 4.57. The molecule has 0 radical (unpaired) electrons. The van der Waals surface area contributed by atoms with Gasteiger partial charge in [-0.3, -0.25) is 4.98 Å². The molecule has 0 saturated carbocycles. The first-order valence-electron chi connectivity index (χ1n) is 6.79. The van der Waals surface area contributed by atoms with E-state index in [4.69, 9.17) is 21.1 Å². The van der Waals surface area contributed by atoms with E-state index in [2.05, 4.69) is 4.98 Å². The minimum atomic E-state index is -0.388. The van der Waals surface area contributed by atoms with Crippen molar-refractivity contribution in [2.45, 2.75) is 0 Å². The molecular weight excluding hydrogens is 305 g/mol. The zero-order chi connectivity index (χ0) is 15.4. The first-order chi connectivity index (χ1) is 10.8. The third-order valence-corrected chi connectivity index (χ3v) is 3.44. The summed E-state index contributed by atoms with van der Waals surface area (Å²) in [5, 5.41) is 1.45. The van der Waals surface area contributed by atoms with Crippen LogP contribution in [-0.4, -0.2) is 18.2 Å². The minimum Gasteiger partial charge on any atom is -0.488 e. The van der Waals surface area contributed by atoms with Crippen molar-refractivity contribution in [3.05, 3.63) is 65.6 Å². The molecule has 22 heavy (non-hydrogen) atoms. The Bertz CT molecular complexity index is 794. The molecule has 0 N–H and O–H groups in total. The van der Waals surface area contributed by atoms with Gasteiger partial charge in [0.15, 0.2) is 11.6 Å². The van der Waals surface area contributed by atoms with Crippen LogP contribution in [0.3, 0.4) is 0 Å². The fourth-order valence-corrected chi connectivity index (χ4v) is 2.31. The molecule has 0 saturated heterocycles. The zero-order valence-electron chi connectivity index (χ0n) is 11.6. The molecule has 0 atom stereocenters. The van der Waals surface area contributed by atoms with Gasteiger partial charge in [-0.15, -0.1) is 0 Å². The Balaban J connectivity index is 1.65. The lowest BCUT2D eigenvalue weighted by Gasteiger charge is -2.11. The summed E-state index contributed by atoms with van der Waals surface area (Å²) in [4.78, 5) is 4.28. The fourth-order valence-electron chi connectivity index (χ4n) is 2.09. The van der Waals surface area contributed by atoms with E-state index >= 15 is 0 Å². The highest BCUT2D eigenvalue weighted by atomic mass is 35.5. The lowest BCUT2D eigenvalue weighted by Crippen LogP contribution is -2.10. The van der Waals surface area contributed by atoms with Crippen LogP contribution in [0.1, 0.15) is 0 Å². The van der Waals surface area contributed by atoms with Crippen molar-refractivity contribution in [2.75, 3.05) is 13.2 Å². The third kappa shape index (κ3) is 3.12. The van der Waals surface area contributed by atoms with Crippen molar-refractivity contribution >= 4 is 22.5 Å². The summed E-state index contributed by atoms with van der Waals surface area (Å²) in [5.74, 6) is 0.448. The van der Waals surface area contributed by atoms with Crippen LogP contribution < -0.4 is 9.47 Å². The standard InChI is InChI=1S/C17H13ClFNO2/c18-13-7-8-16(17-12(13)4-3-9-20-17)22-11-10-21-15-6-2-1-5-14(15)19/h1-9H,10-11H2. The number of para-hydroxylation sites is 1. The van der Waals surface area contributed by atoms with E-state index in [1.807, 2.05) is 12.1 Å². The van der Waals surface area contributed by atoms with Crippen LogP contribution in [0, 0.1) is 5.82 Å². The molecule has 1 aromatic heterocycles. The van der Waals surface area contributed by atoms with Crippen molar-refractivity contribution < 1.29 is 13.9 Å². The van der Waals surface area contributed by atoms with Gasteiger partial charge < -0.3 is 9.47 Å². The van der Waals surface area contributed by atoms with Crippen LogP contribution in [-0.2, 0) is 0 Å². The maximum Gasteiger partial charge on any atom is 0.165 e. The number of hydrogen-bond donors (Lipinski definition) is 0. The predicted molar refractivity (Wildman–Crippen MR) is 84.1 cm³/mol. The number of aromatic nitrogens is 1. The van der Waals surface area contributed by atoms with Gasteiger partial charge >= 0.3 is 0 Å². The van der Waals surface area contributed by atoms with Gasteiger partial charge in [0, 0.05) is 11.6 Å². The molecule has 0 aliphatic heterocycles. The Labute approximate surface area is 132 Å². The molecule has 3 rings (SSSR count). The lowest BCUT2D eigenvalue weighted by molar-refractivity contribution is 0.213. The maximum atomic E-state index is 13.4. The molecule has 3 nitrogen and oxygen atoms in total. The van der Waals surface area contributed by atoms with E-state index in [1.165, 1.54) is 6.07 Å². The number of nitrogens with zero attached hydrogens (tertiary/aromatic N) is 1. The summed E-state index contributed by atoms with van der Waals surface area (Å²) in [7, 11) is 0. The Hall–Kier alpha value is -2.33. The third-order valence-electron chi connectivity index (χ3n) is 3.11. The highest BCUT2D eigenvalue weighted by Gasteiger charge is 2.07. The van der Waals surface area contributed by atoms with E-state index in [1.54, 1.807) is 36.5 Å². The summed E-state index contributed by atoms with van der Waals surface area (Å²) < 4.78 is 24.4. The van der Waals surface area contributed by atoms with Crippen molar-refractivity contribution in [1.82, 2.24) is 4.98 Å². The van der Waals surface area contributed by atoms with Gasteiger partial charge in [-0.25, -0.2) is 4.39 Å². The number of halogens is 2. The number of fused-ring (bicyclic) bond motifs is 1. The summed E-state index contributed by atoms with van der Waals surface area (Å²) in [6.07, 6.45) is 1.68. The molecule has 0 aliphatic rings. The van der Waals surface area contributed by atoms with E-state index in [0.717, 1.165) is 5.39 Å². The summed E-state index contributed by atoms with van der Waals surface area (Å²) in [5.41, 5.74) is 0.695. The van der Waals surface area contributed by atoms with E-state index in [-0.39, 0.29) is 24.8 Å². The molecule has 0 unspecified atom stereocenters.